The third-order valence-electron chi connectivity index (χ3n) is 5.70. The number of carbonyl (C=O) groups is 1. The molecule has 7 nitrogen and oxygen atoms in total. The Hall–Kier alpha value is -3.61. The molecule has 0 amide bonds. The fraction of sp³-hybridized carbons (Fsp3) is 0.292. The second kappa shape index (κ2) is 7.91. The van der Waals surface area contributed by atoms with Gasteiger partial charge in [-0.05, 0) is 37.5 Å². The number of anilines is 1. The molecule has 158 valence electrons. The van der Waals surface area contributed by atoms with Gasteiger partial charge in [-0.3, -0.25) is 4.79 Å². The van der Waals surface area contributed by atoms with E-state index in [0.29, 0.717) is 36.3 Å². The van der Waals surface area contributed by atoms with Crippen molar-refractivity contribution in [2.24, 2.45) is 0 Å². The lowest BCUT2D eigenvalue weighted by Gasteiger charge is -2.32. The summed E-state index contributed by atoms with van der Waals surface area (Å²) in [5.74, 6) is 2.72. The Morgan fingerprint density at radius 1 is 1.13 bits per heavy atom. The Balaban J connectivity index is 1.66. The van der Waals surface area contributed by atoms with Crippen molar-refractivity contribution in [3.8, 4) is 22.9 Å². The van der Waals surface area contributed by atoms with Gasteiger partial charge in [-0.2, -0.15) is 4.98 Å². The normalized spacial score (nSPS) is 17.6. The zero-order valence-electron chi connectivity index (χ0n) is 17.6. The molecule has 0 fully saturated rings. The summed E-state index contributed by atoms with van der Waals surface area (Å²) in [4.78, 5) is 17.7. The molecule has 1 atom stereocenters. The number of nitrogens with zero attached hydrogens (tertiary/aromatic N) is 3. The number of methoxy groups -OCH3 is 1. The standard InChI is InChI=1S/C24H24N4O3/c1-3-31-19-13-12-16(14-20(19)30-2)22-21-17(10-7-11-18(21)29)25-24-26-23(27-28(22)24)15-8-5-4-6-9-15/h4-6,8-9,12-14,22H,3,7,10-11H2,1-2H3,(H,25,26,27). The number of rotatable bonds is 5. The summed E-state index contributed by atoms with van der Waals surface area (Å²) in [7, 11) is 1.62. The largest absolute Gasteiger partial charge is 0.493 e. The van der Waals surface area contributed by atoms with Gasteiger partial charge < -0.3 is 14.8 Å². The van der Waals surface area contributed by atoms with Gasteiger partial charge in [0.2, 0.25) is 5.95 Å². The maximum Gasteiger partial charge on any atom is 0.226 e. The molecule has 3 aromatic rings. The summed E-state index contributed by atoms with van der Waals surface area (Å²) in [6.07, 6.45) is 2.20. The van der Waals surface area contributed by atoms with Crippen molar-refractivity contribution in [3.05, 3.63) is 65.4 Å². The number of ketones is 1. The van der Waals surface area contributed by atoms with Crippen LogP contribution in [0.15, 0.2) is 59.8 Å². The number of hydrogen-bond donors (Lipinski definition) is 1. The molecule has 0 bridgehead atoms. The van der Waals surface area contributed by atoms with Crippen molar-refractivity contribution in [2.45, 2.75) is 32.2 Å². The van der Waals surface area contributed by atoms with Crippen molar-refractivity contribution in [3.63, 3.8) is 0 Å². The Bertz CT molecular complexity index is 1170. The number of hydrogen-bond acceptors (Lipinski definition) is 6. The van der Waals surface area contributed by atoms with Crippen LogP contribution in [0.4, 0.5) is 5.95 Å². The molecule has 1 aliphatic heterocycles. The van der Waals surface area contributed by atoms with E-state index in [1.54, 1.807) is 7.11 Å². The average molecular weight is 416 g/mol. The smallest absolute Gasteiger partial charge is 0.226 e. The molecular weight excluding hydrogens is 392 g/mol. The topological polar surface area (TPSA) is 78.3 Å². The second-order valence-electron chi connectivity index (χ2n) is 7.61. The molecule has 2 heterocycles. The first-order valence-electron chi connectivity index (χ1n) is 10.6. The van der Waals surface area contributed by atoms with Crippen LogP contribution < -0.4 is 14.8 Å². The van der Waals surface area contributed by atoms with Crippen LogP contribution in [0, 0.1) is 0 Å². The second-order valence-corrected chi connectivity index (χ2v) is 7.61. The summed E-state index contributed by atoms with van der Waals surface area (Å²) in [6.45, 7) is 2.48. The first kappa shape index (κ1) is 19.4. The van der Waals surface area contributed by atoms with E-state index in [-0.39, 0.29) is 11.8 Å². The highest BCUT2D eigenvalue weighted by Gasteiger charge is 2.37. The Morgan fingerprint density at radius 3 is 2.74 bits per heavy atom. The number of nitrogens with one attached hydrogen (secondary N) is 1. The maximum absolute atomic E-state index is 13.0. The van der Waals surface area contributed by atoms with Crippen LogP contribution in [-0.4, -0.2) is 34.3 Å². The highest BCUT2D eigenvalue weighted by molar-refractivity contribution is 5.99. The van der Waals surface area contributed by atoms with Crippen LogP contribution in [0.5, 0.6) is 11.5 Å². The van der Waals surface area contributed by atoms with Gasteiger partial charge in [0.1, 0.15) is 6.04 Å². The first-order valence-corrected chi connectivity index (χ1v) is 10.6. The highest BCUT2D eigenvalue weighted by Crippen LogP contribution is 2.42. The van der Waals surface area contributed by atoms with Gasteiger partial charge >= 0.3 is 0 Å². The molecule has 7 heteroatoms. The molecule has 1 aliphatic carbocycles. The summed E-state index contributed by atoms with van der Waals surface area (Å²) >= 11 is 0. The molecule has 0 spiro atoms. The van der Waals surface area contributed by atoms with E-state index in [0.717, 1.165) is 35.2 Å². The van der Waals surface area contributed by atoms with Gasteiger partial charge in [-0.15, -0.1) is 5.10 Å². The van der Waals surface area contributed by atoms with E-state index in [2.05, 4.69) is 5.32 Å². The molecular formula is C24H24N4O3. The van der Waals surface area contributed by atoms with Gasteiger partial charge in [-0.25, -0.2) is 4.68 Å². The summed E-state index contributed by atoms with van der Waals surface area (Å²) in [5, 5.41) is 8.17. The number of allylic oxidation sites excluding steroid dienone is 2. The van der Waals surface area contributed by atoms with Gasteiger partial charge in [0.25, 0.3) is 0 Å². The summed E-state index contributed by atoms with van der Waals surface area (Å²) in [5.41, 5.74) is 3.54. The minimum absolute atomic E-state index is 0.147. The average Bonchev–Trinajstić information content (AvgIpc) is 3.23. The zero-order chi connectivity index (χ0) is 21.4. The quantitative estimate of drug-likeness (QED) is 0.665. The van der Waals surface area contributed by atoms with Crippen LogP contribution in [-0.2, 0) is 4.79 Å². The molecule has 1 unspecified atom stereocenters. The summed E-state index contributed by atoms with van der Waals surface area (Å²) in [6, 6.07) is 15.3. The Labute approximate surface area is 180 Å². The predicted molar refractivity (Wildman–Crippen MR) is 117 cm³/mol. The van der Waals surface area contributed by atoms with E-state index < -0.39 is 0 Å². The number of ether oxygens (including phenoxy) is 2. The zero-order valence-corrected chi connectivity index (χ0v) is 17.6. The van der Waals surface area contributed by atoms with Crippen LogP contribution in [0.1, 0.15) is 37.8 Å². The highest BCUT2D eigenvalue weighted by atomic mass is 16.5. The number of benzene rings is 2. The van der Waals surface area contributed by atoms with Crippen LogP contribution >= 0.6 is 0 Å². The van der Waals surface area contributed by atoms with Crippen LogP contribution in [0.2, 0.25) is 0 Å². The van der Waals surface area contributed by atoms with Crippen molar-refractivity contribution in [1.29, 1.82) is 0 Å². The van der Waals surface area contributed by atoms with Crippen LogP contribution in [0.3, 0.4) is 0 Å². The molecule has 1 aromatic heterocycles. The molecule has 2 aliphatic rings. The van der Waals surface area contributed by atoms with E-state index in [1.807, 2.05) is 60.1 Å². The Morgan fingerprint density at radius 2 is 1.97 bits per heavy atom. The van der Waals surface area contributed by atoms with Gasteiger partial charge in [0.15, 0.2) is 23.1 Å². The predicted octanol–water partition coefficient (Wildman–Crippen LogP) is 4.37. The number of fused-ring (bicyclic) bond motifs is 1. The van der Waals surface area contributed by atoms with Crippen molar-refractivity contribution >= 4 is 11.7 Å². The molecule has 31 heavy (non-hydrogen) atoms. The van der Waals surface area contributed by atoms with Crippen molar-refractivity contribution < 1.29 is 14.3 Å². The molecule has 0 saturated heterocycles. The third kappa shape index (κ3) is 3.36. The maximum atomic E-state index is 13.0. The molecule has 5 rings (SSSR count). The minimum atomic E-state index is -0.367. The molecule has 0 radical (unpaired) electrons. The third-order valence-corrected chi connectivity index (χ3v) is 5.70. The minimum Gasteiger partial charge on any atom is -0.493 e. The van der Waals surface area contributed by atoms with Crippen molar-refractivity contribution in [1.82, 2.24) is 14.8 Å². The molecule has 2 aromatic carbocycles. The fourth-order valence-corrected chi connectivity index (χ4v) is 4.30. The van der Waals surface area contributed by atoms with Gasteiger partial charge in [0.05, 0.1) is 13.7 Å². The van der Waals surface area contributed by atoms with E-state index in [9.17, 15) is 4.79 Å². The lowest BCUT2D eigenvalue weighted by molar-refractivity contribution is -0.116. The number of carbonyl (C=O) groups excluding carboxylic acids is 1. The van der Waals surface area contributed by atoms with E-state index in [1.165, 1.54) is 0 Å². The van der Waals surface area contributed by atoms with Crippen LogP contribution in [0.25, 0.3) is 11.4 Å². The van der Waals surface area contributed by atoms with Crippen molar-refractivity contribution in [2.75, 3.05) is 19.0 Å². The molecule has 1 N–H and O–H groups in total. The monoisotopic (exact) mass is 416 g/mol. The summed E-state index contributed by atoms with van der Waals surface area (Å²) < 4.78 is 13.1. The Kier molecular flexibility index (Phi) is 4.94. The number of Topliss-reactive ketones (excluding diaryl/α,β-unsaturated/α-hetero) is 1. The van der Waals surface area contributed by atoms with E-state index >= 15 is 0 Å². The lowest BCUT2D eigenvalue weighted by atomic mass is 9.85. The number of aromatic nitrogens is 3. The van der Waals surface area contributed by atoms with E-state index in [4.69, 9.17) is 19.6 Å². The lowest BCUT2D eigenvalue weighted by Crippen LogP contribution is -2.31. The fourth-order valence-electron chi connectivity index (χ4n) is 4.30. The van der Waals surface area contributed by atoms with Gasteiger partial charge in [-0.1, -0.05) is 36.4 Å². The van der Waals surface area contributed by atoms with Gasteiger partial charge in [0, 0.05) is 23.3 Å². The SMILES string of the molecule is CCOc1ccc(C2C3=C(CCCC3=O)Nc3nc(-c4ccccc4)nn32)cc1OC. The molecule has 0 saturated carbocycles. The first-order chi connectivity index (χ1) is 15.2.